The SMILES string of the molecule is CCOc1ccc(CNC(=O)[C@@H](C)n2nc(C)c3nn(-c4ccccc4)c(C)c3c2=O)cc1OC. The number of aromatic nitrogens is 4. The molecule has 0 spiro atoms. The van der Waals surface area contributed by atoms with E-state index in [1.807, 2.05) is 62.4 Å². The molecule has 1 amide bonds. The third-order valence-corrected chi connectivity index (χ3v) is 5.88. The van der Waals surface area contributed by atoms with Crippen molar-refractivity contribution < 1.29 is 14.3 Å². The minimum Gasteiger partial charge on any atom is -0.493 e. The number of carbonyl (C=O) groups is 1. The van der Waals surface area contributed by atoms with Gasteiger partial charge in [-0.05, 0) is 57.5 Å². The number of ether oxygens (including phenoxy) is 2. The second kappa shape index (κ2) is 10.0. The number of nitrogens with zero attached hydrogens (tertiary/aromatic N) is 4. The first-order chi connectivity index (χ1) is 16.8. The van der Waals surface area contributed by atoms with Gasteiger partial charge in [-0.15, -0.1) is 0 Å². The van der Waals surface area contributed by atoms with E-state index in [1.54, 1.807) is 25.6 Å². The molecule has 1 N–H and O–H groups in total. The molecule has 0 radical (unpaired) electrons. The highest BCUT2D eigenvalue weighted by molar-refractivity contribution is 5.84. The first-order valence-electron chi connectivity index (χ1n) is 11.5. The molecule has 1 atom stereocenters. The summed E-state index contributed by atoms with van der Waals surface area (Å²) in [7, 11) is 1.57. The Morgan fingerprint density at radius 3 is 2.51 bits per heavy atom. The smallest absolute Gasteiger partial charge is 0.278 e. The van der Waals surface area contributed by atoms with Gasteiger partial charge in [-0.3, -0.25) is 9.59 Å². The lowest BCUT2D eigenvalue weighted by atomic mass is 10.2. The summed E-state index contributed by atoms with van der Waals surface area (Å²) in [4.78, 5) is 26.3. The molecule has 0 aliphatic rings. The van der Waals surface area contributed by atoms with E-state index in [-0.39, 0.29) is 18.0 Å². The lowest BCUT2D eigenvalue weighted by molar-refractivity contribution is -0.124. The highest BCUT2D eigenvalue weighted by Gasteiger charge is 2.23. The predicted octanol–water partition coefficient (Wildman–Crippen LogP) is 3.48. The standard InChI is InChI=1S/C26H29N5O4/c1-6-35-21-13-12-19(14-22(21)34-5)15-27-25(32)18(4)31-26(33)23-17(3)30(20-10-8-7-9-11-20)29-24(23)16(2)28-31/h7-14,18H,6,15H2,1-5H3,(H,27,32)/t18-/m1/s1. The number of benzene rings is 2. The van der Waals surface area contributed by atoms with E-state index >= 15 is 0 Å². The molecular formula is C26H29N5O4. The molecular weight excluding hydrogens is 446 g/mol. The average Bonchev–Trinajstić information content (AvgIpc) is 3.23. The largest absolute Gasteiger partial charge is 0.493 e. The van der Waals surface area contributed by atoms with Gasteiger partial charge in [0.1, 0.15) is 11.6 Å². The summed E-state index contributed by atoms with van der Waals surface area (Å²) in [5.41, 5.74) is 3.15. The molecule has 35 heavy (non-hydrogen) atoms. The molecule has 4 rings (SSSR count). The Labute approximate surface area is 203 Å². The fourth-order valence-electron chi connectivity index (χ4n) is 4.01. The van der Waals surface area contributed by atoms with Crippen molar-refractivity contribution in [3.8, 4) is 17.2 Å². The van der Waals surface area contributed by atoms with Crippen molar-refractivity contribution in [3.05, 3.63) is 75.8 Å². The highest BCUT2D eigenvalue weighted by Crippen LogP contribution is 2.28. The van der Waals surface area contributed by atoms with Gasteiger partial charge in [-0.2, -0.15) is 10.2 Å². The van der Waals surface area contributed by atoms with Crippen LogP contribution in [0.4, 0.5) is 0 Å². The van der Waals surface area contributed by atoms with Crippen LogP contribution in [0.15, 0.2) is 53.3 Å². The molecule has 0 fully saturated rings. The predicted molar refractivity (Wildman–Crippen MR) is 133 cm³/mol. The number of hydrogen-bond acceptors (Lipinski definition) is 6. The average molecular weight is 476 g/mol. The number of rotatable bonds is 8. The van der Waals surface area contributed by atoms with Crippen LogP contribution in [0.3, 0.4) is 0 Å². The molecule has 9 nitrogen and oxygen atoms in total. The van der Waals surface area contributed by atoms with E-state index in [4.69, 9.17) is 9.47 Å². The Bertz CT molecular complexity index is 1430. The molecule has 9 heteroatoms. The summed E-state index contributed by atoms with van der Waals surface area (Å²) >= 11 is 0. The minimum atomic E-state index is -0.810. The summed E-state index contributed by atoms with van der Waals surface area (Å²) in [6, 6.07) is 14.3. The Balaban J connectivity index is 1.59. The molecule has 0 saturated heterocycles. The Morgan fingerprint density at radius 2 is 1.83 bits per heavy atom. The molecule has 0 saturated carbocycles. The van der Waals surface area contributed by atoms with Gasteiger partial charge < -0.3 is 14.8 Å². The Morgan fingerprint density at radius 1 is 1.09 bits per heavy atom. The van der Waals surface area contributed by atoms with Crippen LogP contribution in [-0.4, -0.2) is 39.2 Å². The maximum atomic E-state index is 13.4. The maximum Gasteiger partial charge on any atom is 0.278 e. The van der Waals surface area contributed by atoms with Crippen LogP contribution in [0, 0.1) is 13.8 Å². The number of para-hydroxylation sites is 1. The van der Waals surface area contributed by atoms with E-state index in [1.165, 1.54) is 4.68 Å². The number of aryl methyl sites for hydroxylation is 2. The first kappa shape index (κ1) is 24.0. The van der Waals surface area contributed by atoms with Gasteiger partial charge in [0, 0.05) is 6.54 Å². The highest BCUT2D eigenvalue weighted by atomic mass is 16.5. The van der Waals surface area contributed by atoms with Gasteiger partial charge in [0.25, 0.3) is 5.56 Å². The normalized spacial score (nSPS) is 11.9. The number of nitrogens with one attached hydrogen (secondary N) is 1. The Kier molecular flexibility index (Phi) is 6.86. The van der Waals surface area contributed by atoms with E-state index in [0.29, 0.717) is 40.4 Å². The zero-order valence-electron chi connectivity index (χ0n) is 20.5. The maximum absolute atomic E-state index is 13.4. The summed E-state index contributed by atoms with van der Waals surface area (Å²) in [6.45, 7) is 7.99. The fraction of sp³-hybridized carbons (Fsp3) is 0.308. The van der Waals surface area contributed by atoms with Gasteiger partial charge in [0.2, 0.25) is 5.91 Å². The van der Waals surface area contributed by atoms with Crippen molar-refractivity contribution in [2.75, 3.05) is 13.7 Å². The second-order valence-corrected chi connectivity index (χ2v) is 8.20. The molecule has 0 bridgehead atoms. The summed E-state index contributed by atoms with van der Waals surface area (Å²) in [5, 5.41) is 12.4. The summed E-state index contributed by atoms with van der Waals surface area (Å²) in [6.07, 6.45) is 0. The van der Waals surface area contributed by atoms with Crippen LogP contribution in [0.2, 0.25) is 0 Å². The lowest BCUT2D eigenvalue weighted by Gasteiger charge is -2.16. The van der Waals surface area contributed by atoms with Crippen molar-refractivity contribution in [2.45, 2.75) is 40.3 Å². The topological polar surface area (TPSA) is 100 Å². The second-order valence-electron chi connectivity index (χ2n) is 8.20. The number of amides is 1. The molecule has 0 aliphatic heterocycles. The van der Waals surface area contributed by atoms with Gasteiger partial charge >= 0.3 is 0 Å². The quantitative estimate of drug-likeness (QED) is 0.419. The van der Waals surface area contributed by atoms with Crippen molar-refractivity contribution in [1.29, 1.82) is 0 Å². The molecule has 0 aliphatic carbocycles. The Hall–Kier alpha value is -4.14. The molecule has 2 aromatic carbocycles. The van der Waals surface area contributed by atoms with E-state index in [0.717, 1.165) is 11.3 Å². The van der Waals surface area contributed by atoms with Crippen LogP contribution >= 0.6 is 0 Å². The summed E-state index contributed by atoms with van der Waals surface area (Å²) in [5.74, 6) is 0.917. The van der Waals surface area contributed by atoms with E-state index in [9.17, 15) is 9.59 Å². The summed E-state index contributed by atoms with van der Waals surface area (Å²) < 4.78 is 13.9. The zero-order valence-corrected chi connectivity index (χ0v) is 20.5. The molecule has 2 heterocycles. The van der Waals surface area contributed by atoms with Crippen molar-refractivity contribution in [3.63, 3.8) is 0 Å². The lowest BCUT2D eigenvalue weighted by Crippen LogP contribution is -2.37. The van der Waals surface area contributed by atoms with Crippen LogP contribution in [0.25, 0.3) is 16.6 Å². The monoisotopic (exact) mass is 475 g/mol. The van der Waals surface area contributed by atoms with Crippen LogP contribution in [0.5, 0.6) is 11.5 Å². The van der Waals surface area contributed by atoms with Crippen LogP contribution in [0.1, 0.15) is 36.8 Å². The third kappa shape index (κ3) is 4.62. The minimum absolute atomic E-state index is 0.271. The third-order valence-electron chi connectivity index (χ3n) is 5.88. The molecule has 2 aromatic heterocycles. The molecule has 4 aromatic rings. The van der Waals surface area contributed by atoms with Crippen molar-refractivity contribution >= 4 is 16.8 Å². The number of fused-ring (bicyclic) bond motifs is 1. The zero-order chi connectivity index (χ0) is 25.1. The fourth-order valence-corrected chi connectivity index (χ4v) is 4.01. The number of methoxy groups -OCH3 is 1. The van der Waals surface area contributed by atoms with Gasteiger partial charge in [-0.25, -0.2) is 9.36 Å². The molecule has 0 unspecified atom stereocenters. The number of hydrogen-bond donors (Lipinski definition) is 1. The van der Waals surface area contributed by atoms with Crippen LogP contribution in [-0.2, 0) is 11.3 Å². The number of carbonyl (C=O) groups excluding carboxylic acids is 1. The van der Waals surface area contributed by atoms with Gasteiger partial charge in [-0.1, -0.05) is 24.3 Å². The van der Waals surface area contributed by atoms with Crippen LogP contribution < -0.4 is 20.3 Å². The van der Waals surface area contributed by atoms with Gasteiger partial charge in [0.15, 0.2) is 11.5 Å². The van der Waals surface area contributed by atoms with Crippen molar-refractivity contribution in [2.24, 2.45) is 0 Å². The van der Waals surface area contributed by atoms with Crippen molar-refractivity contribution in [1.82, 2.24) is 24.9 Å². The van der Waals surface area contributed by atoms with Gasteiger partial charge in [0.05, 0.1) is 36.2 Å². The first-order valence-corrected chi connectivity index (χ1v) is 11.5. The molecule has 182 valence electrons. The van der Waals surface area contributed by atoms with E-state index in [2.05, 4.69) is 15.5 Å². The van der Waals surface area contributed by atoms with E-state index < -0.39 is 6.04 Å².